The van der Waals surface area contributed by atoms with Crippen molar-refractivity contribution in [1.82, 2.24) is 4.90 Å². The summed E-state index contributed by atoms with van der Waals surface area (Å²) in [5.41, 5.74) is 0.108. The summed E-state index contributed by atoms with van der Waals surface area (Å²) in [6.45, 7) is 20.1. The van der Waals surface area contributed by atoms with Crippen LogP contribution in [0.1, 0.15) is 81.1 Å². The molecule has 1 saturated heterocycles. The Balaban J connectivity index is 0.00000232. The normalized spacial score (nSPS) is 24.3. The highest BCUT2D eigenvalue weighted by atomic mass is 16.5. The summed E-state index contributed by atoms with van der Waals surface area (Å²) >= 11 is 0. The van der Waals surface area contributed by atoms with Gasteiger partial charge in [-0.3, -0.25) is 4.90 Å². The van der Waals surface area contributed by atoms with Crippen LogP contribution in [0.15, 0.2) is 0 Å². The van der Waals surface area contributed by atoms with Crippen molar-refractivity contribution in [2.24, 2.45) is 11.8 Å². The van der Waals surface area contributed by atoms with Crippen molar-refractivity contribution in [2.75, 3.05) is 19.7 Å². The van der Waals surface area contributed by atoms with Crippen LogP contribution in [0.3, 0.4) is 0 Å². The molecule has 1 rings (SSSR count). The van der Waals surface area contributed by atoms with E-state index in [1.807, 2.05) is 13.8 Å². The molecule has 1 N–H and O–H groups in total. The summed E-state index contributed by atoms with van der Waals surface area (Å²) in [4.78, 5) is 2.44. The highest BCUT2D eigenvalue weighted by molar-refractivity contribution is 4.88. The molecule has 140 valence electrons. The fraction of sp³-hybridized carbons (Fsp3) is 1.00. The Labute approximate surface area is 145 Å². The second-order valence-electron chi connectivity index (χ2n) is 7.84. The maximum atomic E-state index is 10.2. The van der Waals surface area contributed by atoms with Crippen LogP contribution < -0.4 is 0 Å². The van der Waals surface area contributed by atoms with Gasteiger partial charge in [0, 0.05) is 18.7 Å². The van der Waals surface area contributed by atoms with Gasteiger partial charge in [-0.05, 0) is 58.4 Å². The lowest BCUT2D eigenvalue weighted by Crippen LogP contribution is -2.53. The van der Waals surface area contributed by atoms with Crippen molar-refractivity contribution in [3.05, 3.63) is 0 Å². The zero-order valence-corrected chi connectivity index (χ0v) is 17.1. The number of piperidine rings is 1. The molecule has 0 aromatic carbocycles. The molecule has 0 amide bonds. The standard InChI is InChI=1S/C18H37NO2.C2H6/c1-7-16-8-10-19(13-17(16)20)18(5,6)9-11-21-15(4)12-14(2)3;1-2/h14-17,20H,7-13H2,1-6H3;1-2H3. The van der Waals surface area contributed by atoms with Crippen LogP contribution in [0.4, 0.5) is 0 Å². The molecule has 1 aliphatic heterocycles. The van der Waals surface area contributed by atoms with Crippen LogP contribution in [0.5, 0.6) is 0 Å². The van der Waals surface area contributed by atoms with E-state index in [0.717, 1.165) is 45.4 Å². The third-order valence-corrected chi connectivity index (χ3v) is 5.02. The summed E-state index contributed by atoms with van der Waals surface area (Å²) in [6, 6.07) is 0. The summed E-state index contributed by atoms with van der Waals surface area (Å²) in [7, 11) is 0. The van der Waals surface area contributed by atoms with Crippen molar-refractivity contribution in [3.8, 4) is 0 Å². The number of likely N-dealkylation sites (tertiary alicyclic amines) is 1. The number of aliphatic hydroxyl groups is 1. The number of hydrogen-bond donors (Lipinski definition) is 1. The van der Waals surface area contributed by atoms with Gasteiger partial charge in [0.15, 0.2) is 0 Å². The Bertz CT molecular complexity index is 291. The van der Waals surface area contributed by atoms with Crippen molar-refractivity contribution >= 4 is 0 Å². The first-order valence-corrected chi connectivity index (χ1v) is 9.81. The number of hydrogen-bond acceptors (Lipinski definition) is 3. The van der Waals surface area contributed by atoms with Crippen molar-refractivity contribution in [2.45, 2.75) is 98.8 Å². The van der Waals surface area contributed by atoms with E-state index in [0.29, 0.717) is 17.9 Å². The first-order valence-electron chi connectivity index (χ1n) is 9.81. The number of ether oxygens (including phenoxy) is 1. The van der Waals surface area contributed by atoms with Gasteiger partial charge in [0.1, 0.15) is 0 Å². The number of aliphatic hydroxyl groups excluding tert-OH is 1. The van der Waals surface area contributed by atoms with Crippen LogP contribution in [-0.2, 0) is 4.74 Å². The second-order valence-corrected chi connectivity index (χ2v) is 7.84. The molecule has 23 heavy (non-hydrogen) atoms. The van der Waals surface area contributed by atoms with Crippen molar-refractivity contribution < 1.29 is 9.84 Å². The van der Waals surface area contributed by atoms with Gasteiger partial charge >= 0.3 is 0 Å². The van der Waals surface area contributed by atoms with Gasteiger partial charge in [0.2, 0.25) is 0 Å². The molecule has 3 unspecified atom stereocenters. The van der Waals surface area contributed by atoms with Crippen LogP contribution in [-0.4, -0.2) is 47.4 Å². The molecule has 3 nitrogen and oxygen atoms in total. The Kier molecular flexibility index (Phi) is 11.4. The molecule has 3 atom stereocenters. The lowest BCUT2D eigenvalue weighted by molar-refractivity contribution is -0.0379. The molecular formula is C20H43NO2. The minimum absolute atomic E-state index is 0.108. The fourth-order valence-electron chi connectivity index (χ4n) is 3.41. The topological polar surface area (TPSA) is 32.7 Å². The predicted octanol–water partition coefficient (Wildman–Crippen LogP) is 4.73. The zero-order valence-electron chi connectivity index (χ0n) is 17.1. The molecule has 0 saturated carbocycles. The highest BCUT2D eigenvalue weighted by Crippen LogP contribution is 2.28. The van der Waals surface area contributed by atoms with E-state index in [1.54, 1.807) is 0 Å². The van der Waals surface area contributed by atoms with Gasteiger partial charge in [-0.1, -0.05) is 41.0 Å². The fourth-order valence-corrected chi connectivity index (χ4v) is 3.41. The average Bonchev–Trinajstić information content (AvgIpc) is 2.48. The van der Waals surface area contributed by atoms with Gasteiger partial charge < -0.3 is 9.84 Å². The third kappa shape index (κ3) is 8.51. The Morgan fingerprint density at radius 1 is 1.22 bits per heavy atom. The van der Waals surface area contributed by atoms with Crippen molar-refractivity contribution in [3.63, 3.8) is 0 Å². The minimum atomic E-state index is -0.163. The van der Waals surface area contributed by atoms with Crippen LogP contribution >= 0.6 is 0 Å². The molecule has 1 fully saturated rings. The zero-order chi connectivity index (χ0) is 18.0. The lowest BCUT2D eigenvalue weighted by Gasteiger charge is -2.45. The maximum Gasteiger partial charge on any atom is 0.0695 e. The molecule has 0 spiro atoms. The molecular weight excluding hydrogens is 286 g/mol. The Morgan fingerprint density at radius 2 is 1.83 bits per heavy atom. The van der Waals surface area contributed by atoms with Crippen LogP contribution in [0.25, 0.3) is 0 Å². The number of nitrogens with zero attached hydrogens (tertiary/aromatic N) is 1. The third-order valence-electron chi connectivity index (χ3n) is 5.02. The summed E-state index contributed by atoms with van der Waals surface area (Å²) in [5.74, 6) is 1.18. The van der Waals surface area contributed by atoms with E-state index in [1.165, 1.54) is 0 Å². The lowest BCUT2D eigenvalue weighted by atomic mass is 9.87. The molecule has 1 heterocycles. The van der Waals surface area contributed by atoms with E-state index in [9.17, 15) is 5.11 Å². The van der Waals surface area contributed by atoms with Gasteiger partial charge in [-0.25, -0.2) is 0 Å². The molecule has 0 aliphatic carbocycles. The molecule has 1 aliphatic rings. The van der Waals surface area contributed by atoms with E-state index < -0.39 is 0 Å². The molecule has 0 radical (unpaired) electrons. The maximum absolute atomic E-state index is 10.2. The van der Waals surface area contributed by atoms with E-state index >= 15 is 0 Å². The monoisotopic (exact) mass is 329 g/mol. The molecule has 0 aromatic rings. The van der Waals surface area contributed by atoms with E-state index in [2.05, 4.69) is 46.4 Å². The highest BCUT2D eigenvalue weighted by Gasteiger charge is 2.34. The second kappa shape index (κ2) is 11.4. The summed E-state index contributed by atoms with van der Waals surface area (Å²) in [6.07, 6.45) is 4.54. The SMILES string of the molecule is CC.CCC1CCN(C(C)(C)CCOC(C)CC(C)C)CC1O. The first kappa shape index (κ1) is 22.9. The first-order chi connectivity index (χ1) is 10.8. The number of β-amino-alcohol motifs (C(OH)–C–C–N with tert-alkyl or cyclic N) is 1. The largest absolute Gasteiger partial charge is 0.392 e. The van der Waals surface area contributed by atoms with E-state index in [-0.39, 0.29) is 11.6 Å². The van der Waals surface area contributed by atoms with Gasteiger partial charge in [0.25, 0.3) is 0 Å². The van der Waals surface area contributed by atoms with Crippen molar-refractivity contribution in [1.29, 1.82) is 0 Å². The van der Waals surface area contributed by atoms with Gasteiger partial charge in [-0.2, -0.15) is 0 Å². The summed E-state index contributed by atoms with van der Waals surface area (Å²) < 4.78 is 5.96. The molecule has 0 aromatic heterocycles. The predicted molar refractivity (Wildman–Crippen MR) is 101 cm³/mol. The van der Waals surface area contributed by atoms with Crippen LogP contribution in [0.2, 0.25) is 0 Å². The Hall–Kier alpha value is -0.120. The van der Waals surface area contributed by atoms with Gasteiger partial charge in [0.05, 0.1) is 12.2 Å². The quantitative estimate of drug-likeness (QED) is 0.699. The van der Waals surface area contributed by atoms with E-state index in [4.69, 9.17) is 4.74 Å². The summed E-state index contributed by atoms with van der Waals surface area (Å²) in [5, 5.41) is 10.2. The molecule has 3 heteroatoms. The van der Waals surface area contributed by atoms with Crippen LogP contribution in [0, 0.1) is 11.8 Å². The average molecular weight is 330 g/mol. The number of rotatable bonds is 8. The minimum Gasteiger partial charge on any atom is -0.392 e. The smallest absolute Gasteiger partial charge is 0.0695 e. The molecule has 0 bridgehead atoms. The van der Waals surface area contributed by atoms with Gasteiger partial charge in [-0.15, -0.1) is 0 Å². The Morgan fingerprint density at radius 3 is 2.30 bits per heavy atom.